The molecule has 0 aliphatic carbocycles. The lowest BCUT2D eigenvalue weighted by Gasteiger charge is -2.08. The number of hydrogen-bond donors (Lipinski definition) is 0. The van der Waals surface area contributed by atoms with Gasteiger partial charge in [-0.25, -0.2) is 4.79 Å². The summed E-state index contributed by atoms with van der Waals surface area (Å²) in [6, 6.07) is 7.93. The van der Waals surface area contributed by atoms with Crippen LogP contribution in [0, 0.1) is 0 Å². The maximum Gasteiger partial charge on any atom is 0.340 e. The van der Waals surface area contributed by atoms with Gasteiger partial charge in [0.2, 0.25) is 0 Å². The average Bonchev–Trinajstić information content (AvgIpc) is 2.72. The Balaban J connectivity index is 2.46. The molecule has 0 unspecified atom stereocenters. The maximum atomic E-state index is 12.3. The minimum absolute atomic E-state index is 0.188. The van der Waals surface area contributed by atoms with Gasteiger partial charge in [0.05, 0.1) is 18.3 Å². The number of hydrogen-bond acceptors (Lipinski definition) is 3. The van der Waals surface area contributed by atoms with Crippen LogP contribution < -0.4 is 0 Å². The van der Waals surface area contributed by atoms with Crippen molar-refractivity contribution in [1.29, 1.82) is 0 Å². The first-order chi connectivity index (χ1) is 9.99. The smallest absolute Gasteiger partial charge is 0.340 e. The van der Waals surface area contributed by atoms with E-state index in [0.717, 1.165) is 12.0 Å². The van der Waals surface area contributed by atoms with Crippen molar-refractivity contribution in [3.63, 3.8) is 0 Å². The van der Waals surface area contributed by atoms with E-state index in [1.54, 1.807) is 20.0 Å². The number of methoxy groups -OCH3 is 1. The third-order valence-corrected chi connectivity index (χ3v) is 3.76. The van der Waals surface area contributed by atoms with E-state index in [-0.39, 0.29) is 5.91 Å². The fourth-order valence-electron chi connectivity index (χ4n) is 2.31. The molecule has 0 N–H and O–H groups in total. The normalized spacial score (nSPS) is 16.9. The molecule has 1 amide bonds. The Kier molecular flexibility index (Phi) is 4.26. The second kappa shape index (κ2) is 5.95. The predicted octanol–water partition coefficient (Wildman–Crippen LogP) is 2.55. The van der Waals surface area contributed by atoms with Crippen molar-refractivity contribution in [3.8, 4) is 0 Å². The number of benzene rings is 1. The van der Waals surface area contributed by atoms with Crippen LogP contribution in [-0.4, -0.2) is 30.9 Å². The number of carbonyl (C=O) groups excluding carboxylic acids is 2. The van der Waals surface area contributed by atoms with Crippen LogP contribution in [0.1, 0.15) is 25.0 Å². The Morgan fingerprint density at radius 1 is 1.29 bits per heavy atom. The average molecular weight is 285 g/mol. The van der Waals surface area contributed by atoms with Crippen LogP contribution in [0.4, 0.5) is 0 Å². The Hall–Kier alpha value is -2.36. The molecule has 21 heavy (non-hydrogen) atoms. The monoisotopic (exact) mass is 285 g/mol. The molecule has 0 radical (unpaired) electrons. The summed E-state index contributed by atoms with van der Waals surface area (Å²) in [5, 5.41) is 0. The highest BCUT2D eigenvalue weighted by atomic mass is 16.5. The zero-order valence-corrected chi connectivity index (χ0v) is 12.8. The van der Waals surface area contributed by atoms with Crippen molar-refractivity contribution in [2.24, 2.45) is 0 Å². The molecule has 1 aliphatic rings. The zero-order valence-electron chi connectivity index (χ0n) is 12.8. The third kappa shape index (κ3) is 2.75. The highest BCUT2D eigenvalue weighted by Crippen LogP contribution is 2.30. The summed E-state index contributed by atoms with van der Waals surface area (Å²) in [7, 11) is 2.97. The van der Waals surface area contributed by atoms with E-state index in [1.807, 2.05) is 24.3 Å². The van der Waals surface area contributed by atoms with Gasteiger partial charge in [0.1, 0.15) is 0 Å². The molecule has 1 aromatic carbocycles. The van der Waals surface area contributed by atoms with Crippen molar-refractivity contribution in [1.82, 2.24) is 4.90 Å². The van der Waals surface area contributed by atoms with Crippen molar-refractivity contribution in [3.05, 3.63) is 52.2 Å². The molecule has 0 saturated carbocycles. The Bertz CT molecular complexity index is 639. The first-order valence-corrected chi connectivity index (χ1v) is 6.87. The summed E-state index contributed by atoms with van der Waals surface area (Å²) in [6.07, 6.45) is 2.70. The van der Waals surface area contributed by atoms with Crippen molar-refractivity contribution < 1.29 is 14.3 Å². The van der Waals surface area contributed by atoms with Gasteiger partial charge in [-0.3, -0.25) is 4.79 Å². The first kappa shape index (κ1) is 15.0. The number of carbonyl (C=O) groups is 2. The molecular formula is C17H19NO3. The quantitative estimate of drug-likeness (QED) is 0.633. The zero-order chi connectivity index (χ0) is 15.6. The van der Waals surface area contributed by atoms with E-state index in [2.05, 4.69) is 6.92 Å². The number of esters is 1. The molecule has 0 spiro atoms. The molecule has 0 fully saturated rings. The Labute approximate surface area is 124 Å². The molecule has 1 aromatic rings. The van der Waals surface area contributed by atoms with Gasteiger partial charge in [0, 0.05) is 12.7 Å². The molecular weight excluding hydrogens is 266 g/mol. The fourth-order valence-corrected chi connectivity index (χ4v) is 2.31. The molecule has 4 heteroatoms. The third-order valence-electron chi connectivity index (χ3n) is 3.76. The topological polar surface area (TPSA) is 46.6 Å². The number of amides is 1. The van der Waals surface area contributed by atoms with Crippen LogP contribution in [0.2, 0.25) is 0 Å². The lowest BCUT2D eigenvalue weighted by molar-refractivity contribution is -0.136. The van der Waals surface area contributed by atoms with Crippen LogP contribution in [0.5, 0.6) is 0 Å². The van der Waals surface area contributed by atoms with E-state index >= 15 is 0 Å². The van der Waals surface area contributed by atoms with Crippen LogP contribution in [0.3, 0.4) is 0 Å². The number of likely N-dealkylation sites (N-methyl/N-ethyl adjacent to an activating group) is 1. The number of ether oxygens (including phenoxy) is 1. The van der Waals surface area contributed by atoms with E-state index in [0.29, 0.717) is 16.8 Å². The molecule has 0 bridgehead atoms. The van der Waals surface area contributed by atoms with Crippen LogP contribution >= 0.6 is 0 Å². The summed E-state index contributed by atoms with van der Waals surface area (Å²) in [5.41, 5.74) is 3.45. The molecule has 0 atom stereocenters. The molecule has 0 aromatic heterocycles. The fraction of sp³-hybridized carbons (Fsp3) is 0.294. The van der Waals surface area contributed by atoms with Crippen LogP contribution in [-0.2, 0) is 20.7 Å². The summed E-state index contributed by atoms with van der Waals surface area (Å²) < 4.78 is 4.79. The number of nitrogens with zero attached hydrogens (tertiary/aromatic N) is 1. The molecule has 4 nitrogen and oxygen atoms in total. The van der Waals surface area contributed by atoms with Gasteiger partial charge >= 0.3 is 5.97 Å². The summed E-state index contributed by atoms with van der Waals surface area (Å²) in [4.78, 5) is 25.7. The predicted molar refractivity (Wildman–Crippen MR) is 81.3 cm³/mol. The van der Waals surface area contributed by atoms with E-state index in [9.17, 15) is 9.59 Å². The first-order valence-electron chi connectivity index (χ1n) is 6.87. The molecule has 2 rings (SSSR count). The van der Waals surface area contributed by atoms with Gasteiger partial charge in [0.15, 0.2) is 0 Å². The van der Waals surface area contributed by atoms with E-state index in [1.165, 1.54) is 17.6 Å². The van der Waals surface area contributed by atoms with Gasteiger partial charge < -0.3 is 9.64 Å². The maximum absolute atomic E-state index is 12.3. The highest BCUT2D eigenvalue weighted by Gasteiger charge is 2.34. The standard InChI is InChI=1S/C17H19NO3/c1-5-12-6-8-13(9-7-12)10-14-15(17(20)21-4)11(2)18(3)16(14)19/h6-10H,5H2,1-4H3/b14-10-. The SMILES string of the molecule is CCc1ccc(/C=C2\C(=O)N(C)C(C)=C2C(=O)OC)cc1. The summed E-state index contributed by atoms with van der Waals surface area (Å²) in [5.74, 6) is -0.672. The van der Waals surface area contributed by atoms with Crippen molar-refractivity contribution in [2.45, 2.75) is 20.3 Å². The summed E-state index contributed by atoms with van der Waals surface area (Å²) in [6.45, 7) is 3.83. The second-order valence-corrected chi connectivity index (χ2v) is 4.97. The Morgan fingerprint density at radius 3 is 2.43 bits per heavy atom. The van der Waals surface area contributed by atoms with E-state index in [4.69, 9.17) is 4.74 Å². The number of aryl methyl sites for hydroxylation is 1. The molecule has 0 saturated heterocycles. The second-order valence-electron chi connectivity index (χ2n) is 4.97. The van der Waals surface area contributed by atoms with Gasteiger partial charge in [0.25, 0.3) is 5.91 Å². The minimum Gasteiger partial charge on any atom is -0.465 e. The Morgan fingerprint density at radius 2 is 1.90 bits per heavy atom. The lowest BCUT2D eigenvalue weighted by atomic mass is 10.0. The molecule has 110 valence electrons. The van der Waals surface area contributed by atoms with Crippen molar-refractivity contribution in [2.75, 3.05) is 14.2 Å². The summed E-state index contributed by atoms with van der Waals surface area (Å²) >= 11 is 0. The number of rotatable bonds is 3. The van der Waals surface area contributed by atoms with Crippen LogP contribution in [0.25, 0.3) is 6.08 Å². The van der Waals surface area contributed by atoms with Gasteiger partial charge in [-0.1, -0.05) is 31.2 Å². The molecule has 1 heterocycles. The molecule has 1 aliphatic heterocycles. The van der Waals surface area contributed by atoms with Crippen molar-refractivity contribution >= 4 is 18.0 Å². The van der Waals surface area contributed by atoms with Gasteiger partial charge in [-0.05, 0) is 30.5 Å². The van der Waals surface area contributed by atoms with Gasteiger partial charge in [-0.15, -0.1) is 0 Å². The highest BCUT2D eigenvalue weighted by molar-refractivity contribution is 6.16. The lowest BCUT2D eigenvalue weighted by Crippen LogP contribution is -2.19. The van der Waals surface area contributed by atoms with Gasteiger partial charge in [-0.2, -0.15) is 0 Å². The van der Waals surface area contributed by atoms with E-state index < -0.39 is 5.97 Å². The number of allylic oxidation sites excluding steroid dienone is 1. The van der Waals surface area contributed by atoms with Crippen LogP contribution in [0.15, 0.2) is 41.1 Å². The minimum atomic E-state index is -0.485. The largest absolute Gasteiger partial charge is 0.465 e.